The number of nitrogens with zero attached hydrogens (tertiary/aromatic N) is 4. The van der Waals surface area contributed by atoms with Crippen molar-refractivity contribution < 1.29 is 4.79 Å². The molecule has 0 radical (unpaired) electrons. The summed E-state index contributed by atoms with van der Waals surface area (Å²) in [6.45, 7) is 6.09. The van der Waals surface area contributed by atoms with Crippen LogP contribution in [0.4, 0.5) is 0 Å². The first-order valence-corrected chi connectivity index (χ1v) is 8.43. The number of hydrogen-bond donors (Lipinski definition) is 0. The van der Waals surface area contributed by atoms with Crippen molar-refractivity contribution in [2.75, 3.05) is 33.2 Å². The van der Waals surface area contributed by atoms with E-state index in [2.05, 4.69) is 28.8 Å². The third kappa shape index (κ3) is 3.46. The van der Waals surface area contributed by atoms with Gasteiger partial charge in [0, 0.05) is 25.2 Å². The molecule has 1 atom stereocenters. The number of piperidine rings is 2. The van der Waals surface area contributed by atoms with Crippen molar-refractivity contribution in [1.29, 1.82) is 0 Å². The molecule has 2 saturated heterocycles. The highest BCUT2D eigenvalue weighted by Crippen LogP contribution is 2.26. The molecule has 3 heterocycles. The van der Waals surface area contributed by atoms with Crippen molar-refractivity contribution >= 4 is 5.91 Å². The highest BCUT2D eigenvalue weighted by atomic mass is 16.2. The fourth-order valence-corrected chi connectivity index (χ4v) is 3.52. The normalized spacial score (nSPS) is 24.5. The van der Waals surface area contributed by atoms with Crippen LogP contribution in [0, 0.1) is 5.92 Å². The van der Waals surface area contributed by atoms with Gasteiger partial charge in [0.15, 0.2) is 0 Å². The van der Waals surface area contributed by atoms with E-state index in [4.69, 9.17) is 0 Å². The SMILES string of the molecule is C[C@H]1CCCN(C(=O)c2cncc(C3CCN(C)CC3)n2)C1. The van der Waals surface area contributed by atoms with Gasteiger partial charge in [0.1, 0.15) is 5.69 Å². The van der Waals surface area contributed by atoms with Gasteiger partial charge in [-0.2, -0.15) is 0 Å². The van der Waals surface area contributed by atoms with Crippen LogP contribution in [0.15, 0.2) is 12.4 Å². The van der Waals surface area contributed by atoms with Crippen molar-refractivity contribution in [3.63, 3.8) is 0 Å². The fourth-order valence-electron chi connectivity index (χ4n) is 3.52. The van der Waals surface area contributed by atoms with Crippen LogP contribution >= 0.6 is 0 Å². The maximum atomic E-state index is 12.6. The van der Waals surface area contributed by atoms with Crippen LogP contribution in [0.25, 0.3) is 0 Å². The molecule has 0 aliphatic carbocycles. The lowest BCUT2D eigenvalue weighted by Gasteiger charge is -2.31. The van der Waals surface area contributed by atoms with E-state index in [0.29, 0.717) is 17.5 Å². The highest BCUT2D eigenvalue weighted by molar-refractivity contribution is 5.92. The summed E-state index contributed by atoms with van der Waals surface area (Å²) in [6, 6.07) is 0. The summed E-state index contributed by atoms with van der Waals surface area (Å²) < 4.78 is 0. The average Bonchev–Trinajstić information content (AvgIpc) is 2.55. The van der Waals surface area contributed by atoms with Crippen LogP contribution < -0.4 is 0 Å². The van der Waals surface area contributed by atoms with Crippen molar-refractivity contribution in [2.24, 2.45) is 5.92 Å². The predicted octanol–water partition coefficient (Wildman–Crippen LogP) is 2.16. The molecule has 3 rings (SSSR count). The van der Waals surface area contributed by atoms with Gasteiger partial charge >= 0.3 is 0 Å². The monoisotopic (exact) mass is 302 g/mol. The molecule has 2 aliphatic rings. The predicted molar refractivity (Wildman–Crippen MR) is 85.8 cm³/mol. The third-order valence-corrected chi connectivity index (χ3v) is 4.95. The Balaban J connectivity index is 1.71. The summed E-state index contributed by atoms with van der Waals surface area (Å²) >= 11 is 0. The molecule has 5 nitrogen and oxygen atoms in total. The molecular weight excluding hydrogens is 276 g/mol. The summed E-state index contributed by atoms with van der Waals surface area (Å²) in [5.41, 5.74) is 1.51. The lowest BCUT2D eigenvalue weighted by Crippen LogP contribution is -2.39. The Hall–Kier alpha value is -1.49. The number of carbonyl (C=O) groups excluding carboxylic acids is 1. The maximum Gasteiger partial charge on any atom is 0.274 e. The first-order chi connectivity index (χ1) is 10.6. The number of amides is 1. The second-order valence-corrected chi connectivity index (χ2v) is 6.91. The Morgan fingerprint density at radius 2 is 1.95 bits per heavy atom. The zero-order chi connectivity index (χ0) is 15.5. The van der Waals surface area contributed by atoms with Crippen molar-refractivity contribution in [2.45, 2.75) is 38.5 Å². The molecule has 1 amide bonds. The first kappa shape index (κ1) is 15.4. The van der Waals surface area contributed by atoms with Crippen LogP contribution in [0.5, 0.6) is 0 Å². The number of hydrogen-bond acceptors (Lipinski definition) is 4. The van der Waals surface area contributed by atoms with E-state index >= 15 is 0 Å². The molecule has 0 bridgehead atoms. The van der Waals surface area contributed by atoms with Gasteiger partial charge in [-0.1, -0.05) is 6.92 Å². The summed E-state index contributed by atoms with van der Waals surface area (Å²) in [4.78, 5) is 25.9. The second kappa shape index (κ2) is 6.73. The fraction of sp³-hybridized carbons (Fsp3) is 0.706. The summed E-state index contributed by atoms with van der Waals surface area (Å²) in [5, 5.41) is 0. The topological polar surface area (TPSA) is 49.3 Å². The molecule has 0 aromatic carbocycles. The van der Waals surface area contributed by atoms with Crippen molar-refractivity contribution in [3.8, 4) is 0 Å². The van der Waals surface area contributed by atoms with Gasteiger partial charge < -0.3 is 9.80 Å². The van der Waals surface area contributed by atoms with Crippen LogP contribution in [0.1, 0.15) is 54.7 Å². The molecule has 0 N–H and O–H groups in total. The smallest absolute Gasteiger partial charge is 0.274 e. The molecule has 22 heavy (non-hydrogen) atoms. The van der Waals surface area contributed by atoms with Crippen LogP contribution in [0.3, 0.4) is 0 Å². The molecule has 2 fully saturated rings. The number of aromatic nitrogens is 2. The van der Waals surface area contributed by atoms with Gasteiger partial charge in [-0.05, 0) is 51.7 Å². The van der Waals surface area contributed by atoms with E-state index in [1.165, 1.54) is 6.42 Å². The largest absolute Gasteiger partial charge is 0.337 e. The van der Waals surface area contributed by atoms with Gasteiger partial charge in [-0.3, -0.25) is 9.78 Å². The van der Waals surface area contributed by atoms with Gasteiger partial charge in [-0.25, -0.2) is 4.98 Å². The van der Waals surface area contributed by atoms with E-state index < -0.39 is 0 Å². The van der Waals surface area contributed by atoms with Crippen molar-refractivity contribution in [1.82, 2.24) is 19.8 Å². The first-order valence-electron chi connectivity index (χ1n) is 8.43. The van der Waals surface area contributed by atoms with E-state index in [0.717, 1.165) is 51.1 Å². The Morgan fingerprint density at radius 1 is 1.18 bits per heavy atom. The minimum atomic E-state index is 0.0498. The zero-order valence-corrected chi connectivity index (χ0v) is 13.7. The lowest BCUT2D eigenvalue weighted by molar-refractivity contribution is 0.0676. The summed E-state index contributed by atoms with van der Waals surface area (Å²) in [6.07, 6.45) is 7.97. The lowest BCUT2D eigenvalue weighted by atomic mass is 9.94. The number of likely N-dealkylation sites (tertiary alicyclic amines) is 2. The van der Waals surface area contributed by atoms with E-state index in [1.54, 1.807) is 6.20 Å². The molecule has 5 heteroatoms. The number of rotatable bonds is 2. The molecule has 1 aromatic heterocycles. The molecule has 0 saturated carbocycles. The highest BCUT2D eigenvalue weighted by Gasteiger charge is 2.25. The number of carbonyl (C=O) groups is 1. The molecular formula is C17H26N4O. The summed E-state index contributed by atoms with van der Waals surface area (Å²) in [5.74, 6) is 1.08. The van der Waals surface area contributed by atoms with Gasteiger partial charge in [-0.15, -0.1) is 0 Å². The Bertz CT molecular complexity index is 525. The van der Waals surface area contributed by atoms with Gasteiger partial charge in [0.25, 0.3) is 5.91 Å². The third-order valence-electron chi connectivity index (χ3n) is 4.95. The summed E-state index contributed by atoms with van der Waals surface area (Å²) in [7, 11) is 2.15. The van der Waals surface area contributed by atoms with Gasteiger partial charge in [0.2, 0.25) is 0 Å². The molecule has 1 aromatic rings. The molecule has 120 valence electrons. The molecule has 2 aliphatic heterocycles. The van der Waals surface area contributed by atoms with Crippen LogP contribution in [-0.2, 0) is 0 Å². The van der Waals surface area contributed by atoms with Crippen LogP contribution in [-0.4, -0.2) is 58.9 Å². The minimum absolute atomic E-state index is 0.0498. The van der Waals surface area contributed by atoms with Crippen LogP contribution in [0.2, 0.25) is 0 Å². The van der Waals surface area contributed by atoms with E-state index in [1.807, 2.05) is 11.1 Å². The standard InChI is InChI=1S/C17H26N4O/c1-13-4-3-7-21(12-13)17(22)16-11-18-10-15(19-16)14-5-8-20(2)9-6-14/h10-11,13-14H,3-9,12H2,1-2H3/t13-/m0/s1. The van der Waals surface area contributed by atoms with Gasteiger partial charge in [0.05, 0.1) is 11.9 Å². The zero-order valence-electron chi connectivity index (χ0n) is 13.7. The minimum Gasteiger partial charge on any atom is -0.337 e. The quantitative estimate of drug-likeness (QED) is 0.840. The molecule has 0 spiro atoms. The molecule has 0 unspecified atom stereocenters. The Morgan fingerprint density at radius 3 is 2.68 bits per heavy atom. The average molecular weight is 302 g/mol. The maximum absolute atomic E-state index is 12.6. The van der Waals surface area contributed by atoms with E-state index in [9.17, 15) is 4.79 Å². The van der Waals surface area contributed by atoms with Crippen molar-refractivity contribution in [3.05, 3.63) is 23.8 Å². The van der Waals surface area contributed by atoms with E-state index in [-0.39, 0.29) is 5.91 Å². The Kier molecular flexibility index (Phi) is 4.71. The Labute approximate surface area is 132 Å². The second-order valence-electron chi connectivity index (χ2n) is 6.91.